The Morgan fingerprint density at radius 2 is 1.93 bits per heavy atom. The van der Waals surface area contributed by atoms with Crippen molar-refractivity contribution in [3.8, 4) is 22.8 Å². The first-order valence-corrected chi connectivity index (χ1v) is 9.27. The second-order valence-corrected chi connectivity index (χ2v) is 6.77. The normalized spacial score (nSPS) is 10.8. The molecule has 138 valence electrons. The minimum atomic E-state index is -0.281. The van der Waals surface area contributed by atoms with Gasteiger partial charge in [0.2, 0.25) is 5.91 Å². The fourth-order valence-electron chi connectivity index (χ4n) is 2.37. The van der Waals surface area contributed by atoms with Crippen LogP contribution < -0.4 is 14.8 Å². The number of aromatic nitrogens is 1. The van der Waals surface area contributed by atoms with Crippen LogP contribution in [0.4, 0.5) is 5.13 Å². The van der Waals surface area contributed by atoms with Crippen molar-refractivity contribution >= 4 is 40.1 Å². The lowest BCUT2D eigenvalue weighted by atomic mass is 10.1. The summed E-state index contributed by atoms with van der Waals surface area (Å²) in [6.07, 6.45) is 3.10. The van der Waals surface area contributed by atoms with Crippen LogP contribution in [0.5, 0.6) is 11.5 Å². The number of anilines is 1. The quantitative estimate of drug-likeness (QED) is 0.582. The lowest BCUT2D eigenvalue weighted by Crippen LogP contribution is -2.07. The predicted octanol–water partition coefficient (Wildman–Crippen LogP) is 5.13. The van der Waals surface area contributed by atoms with Gasteiger partial charge in [0.1, 0.15) is 11.5 Å². The maximum absolute atomic E-state index is 12.2. The van der Waals surface area contributed by atoms with E-state index in [1.54, 1.807) is 50.6 Å². The second-order valence-electron chi connectivity index (χ2n) is 5.48. The Morgan fingerprint density at radius 3 is 2.63 bits per heavy atom. The zero-order valence-corrected chi connectivity index (χ0v) is 16.3. The van der Waals surface area contributed by atoms with Crippen LogP contribution >= 0.6 is 22.9 Å². The zero-order chi connectivity index (χ0) is 19.2. The van der Waals surface area contributed by atoms with Gasteiger partial charge in [-0.3, -0.25) is 10.1 Å². The molecule has 0 atom stereocenters. The van der Waals surface area contributed by atoms with Crippen molar-refractivity contribution in [1.29, 1.82) is 0 Å². The van der Waals surface area contributed by atoms with Gasteiger partial charge in [-0.15, -0.1) is 11.3 Å². The van der Waals surface area contributed by atoms with Gasteiger partial charge >= 0.3 is 0 Å². The molecule has 2 aromatic carbocycles. The van der Waals surface area contributed by atoms with Gasteiger partial charge in [-0.1, -0.05) is 23.7 Å². The highest BCUT2D eigenvalue weighted by atomic mass is 35.5. The Balaban J connectivity index is 1.69. The summed E-state index contributed by atoms with van der Waals surface area (Å²) < 4.78 is 10.5. The molecule has 0 fully saturated rings. The molecule has 0 aliphatic rings. The standard InChI is InChI=1S/C20H17ClN2O3S/c1-25-16-8-9-18(26-2)14(11-16)5-10-19(24)23-20-22-17(12-27-20)13-3-6-15(21)7-4-13/h3-12H,1-2H3,(H,22,23,24)/b10-5+. The molecule has 1 heterocycles. The molecule has 0 spiro atoms. The van der Waals surface area contributed by atoms with Gasteiger partial charge < -0.3 is 9.47 Å². The van der Waals surface area contributed by atoms with E-state index >= 15 is 0 Å². The summed E-state index contributed by atoms with van der Waals surface area (Å²) in [5, 5.41) is 5.83. The maximum Gasteiger partial charge on any atom is 0.250 e. The number of benzene rings is 2. The molecule has 0 bridgehead atoms. The van der Waals surface area contributed by atoms with E-state index in [0.717, 1.165) is 16.8 Å². The molecular weight excluding hydrogens is 384 g/mol. The average molecular weight is 401 g/mol. The third-order valence-corrected chi connectivity index (χ3v) is 4.74. The fraction of sp³-hybridized carbons (Fsp3) is 0.100. The van der Waals surface area contributed by atoms with Gasteiger partial charge in [0.25, 0.3) is 0 Å². The number of rotatable bonds is 6. The summed E-state index contributed by atoms with van der Waals surface area (Å²) in [6.45, 7) is 0. The summed E-state index contributed by atoms with van der Waals surface area (Å²) in [6, 6.07) is 12.8. The van der Waals surface area contributed by atoms with Crippen LogP contribution in [0.15, 0.2) is 53.9 Å². The van der Waals surface area contributed by atoms with Crippen molar-refractivity contribution < 1.29 is 14.3 Å². The third kappa shape index (κ3) is 4.87. The van der Waals surface area contributed by atoms with Crippen LogP contribution in [0.2, 0.25) is 5.02 Å². The van der Waals surface area contributed by atoms with Crippen LogP contribution in [0.3, 0.4) is 0 Å². The van der Waals surface area contributed by atoms with Gasteiger partial charge in [-0.2, -0.15) is 0 Å². The van der Waals surface area contributed by atoms with Gasteiger partial charge in [0.15, 0.2) is 5.13 Å². The van der Waals surface area contributed by atoms with Crippen LogP contribution in [0.25, 0.3) is 17.3 Å². The van der Waals surface area contributed by atoms with Crippen molar-refractivity contribution in [3.05, 3.63) is 64.5 Å². The van der Waals surface area contributed by atoms with Gasteiger partial charge in [0.05, 0.1) is 19.9 Å². The molecule has 3 aromatic rings. The van der Waals surface area contributed by atoms with E-state index in [9.17, 15) is 4.79 Å². The number of carbonyl (C=O) groups is 1. The smallest absolute Gasteiger partial charge is 0.250 e. The predicted molar refractivity (Wildman–Crippen MR) is 110 cm³/mol. The van der Waals surface area contributed by atoms with Crippen molar-refractivity contribution in [1.82, 2.24) is 4.98 Å². The van der Waals surface area contributed by atoms with Gasteiger partial charge in [-0.05, 0) is 36.4 Å². The number of nitrogens with one attached hydrogen (secondary N) is 1. The molecule has 3 rings (SSSR count). The Bertz CT molecular complexity index is 968. The van der Waals surface area contributed by atoms with Gasteiger partial charge in [0, 0.05) is 27.6 Å². The van der Waals surface area contributed by atoms with Crippen LogP contribution in [0, 0.1) is 0 Å². The number of nitrogens with zero attached hydrogens (tertiary/aromatic N) is 1. The van der Waals surface area contributed by atoms with Crippen molar-refractivity contribution in [2.24, 2.45) is 0 Å². The van der Waals surface area contributed by atoms with Crippen LogP contribution in [0.1, 0.15) is 5.56 Å². The number of amides is 1. The van der Waals surface area contributed by atoms with E-state index in [0.29, 0.717) is 21.7 Å². The van der Waals surface area contributed by atoms with E-state index in [2.05, 4.69) is 10.3 Å². The minimum Gasteiger partial charge on any atom is -0.497 e. The molecule has 1 amide bonds. The van der Waals surface area contributed by atoms with Crippen molar-refractivity contribution in [2.45, 2.75) is 0 Å². The lowest BCUT2D eigenvalue weighted by molar-refractivity contribution is -0.111. The Labute approximate surface area is 166 Å². The number of halogens is 1. The third-order valence-electron chi connectivity index (χ3n) is 3.73. The molecule has 0 radical (unpaired) electrons. The lowest BCUT2D eigenvalue weighted by Gasteiger charge is -2.07. The van der Waals surface area contributed by atoms with Crippen molar-refractivity contribution in [3.63, 3.8) is 0 Å². The highest BCUT2D eigenvalue weighted by molar-refractivity contribution is 7.14. The first kappa shape index (κ1) is 18.9. The van der Waals surface area contributed by atoms with E-state index in [4.69, 9.17) is 21.1 Å². The Morgan fingerprint density at radius 1 is 1.15 bits per heavy atom. The fourth-order valence-corrected chi connectivity index (χ4v) is 3.22. The molecule has 5 nitrogen and oxygen atoms in total. The number of methoxy groups -OCH3 is 2. The minimum absolute atomic E-state index is 0.281. The molecule has 27 heavy (non-hydrogen) atoms. The van der Waals surface area contributed by atoms with E-state index in [1.807, 2.05) is 17.5 Å². The first-order valence-electron chi connectivity index (χ1n) is 8.01. The van der Waals surface area contributed by atoms with E-state index < -0.39 is 0 Å². The second kappa shape index (κ2) is 8.70. The molecule has 1 aromatic heterocycles. The Hall–Kier alpha value is -2.83. The highest BCUT2D eigenvalue weighted by Crippen LogP contribution is 2.27. The topological polar surface area (TPSA) is 60.5 Å². The zero-order valence-electron chi connectivity index (χ0n) is 14.7. The molecule has 0 aliphatic heterocycles. The van der Waals surface area contributed by atoms with Crippen LogP contribution in [-0.2, 0) is 4.79 Å². The largest absolute Gasteiger partial charge is 0.497 e. The number of hydrogen-bond acceptors (Lipinski definition) is 5. The number of carbonyl (C=O) groups excluding carboxylic acids is 1. The van der Waals surface area contributed by atoms with Crippen molar-refractivity contribution in [2.75, 3.05) is 19.5 Å². The first-order chi connectivity index (χ1) is 13.1. The monoisotopic (exact) mass is 400 g/mol. The van der Waals surface area contributed by atoms with E-state index in [1.165, 1.54) is 17.4 Å². The SMILES string of the molecule is COc1ccc(OC)c(/C=C/C(=O)Nc2nc(-c3ccc(Cl)cc3)cs2)c1. The number of hydrogen-bond donors (Lipinski definition) is 1. The molecule has 0 saturated heterocycles. The highest BCUT2D eigenvalue weighted by Gasteiger charge is 2.07. The Kier molecular flexibility index (Phi) is 6.11. The molecule has 1 N–H and O–H groups in total. The van der Waals surface area contributed by atoms with Crippen LogP contribution in [-0.4, -0.2) is 25.1 Å². The summed E-state index contributed by atoms with van der Waals surface area (Å²) in [5.41, 5.74) is 2.46. The molecule has 0 aliphatic carbocycles. The summed E-state index contributed by atoms with van der Waals surface area (Å²) in [5.74, 6) is 1.05. The van der Waals surface area contributed by atoms with Gasteiger partial charge in [-0.25, -0.2) is 4.98 Å². The maximum atomic E-state index is 12.2. The molecule has 0 unspecified atom stereocenters. The van der Waals surface area contributed by atoms with E-state index in [-0.39, 0.29) is 5.91 Å². The molecule has 0 saturated carbocycles. The molecular formula is C20H17ClN2O3S. The number of ether oxygens (including phenoxy) is 2. The molecule has 7 heteroatoms. The summed E-state index contributed by atoms with van der Waals surface area (Å²) in [4.78, 5) is 16.6. The summed E-state index contributed by atoms with van der Waals surface area (Å²) >= 11 is 7.26. The summed E-state index contributed by atoms with van der Waals surface area (Å²) in [7, 11) is 3.16. The average Bonchev–Trinajstić information content (AvgIpc) is 3.15. The number of thiazole rings is 1.